The Balaban J connectivity index is 1.92. The summed E-state index contributed by atoms with van der Waals surface area (Å²) in [6.07, 6.45) is 1.61. The Morgan fingerprint density at radius 3 is 2.64 bits per heavy atom. The summed E-state index contributed by atoms with van der Waals surface area (Å²) in [5, 5.41) is 0. The quantitative estimate of drug-likeness (QED) is 0.673. The molecule has 8 heteroatoms. The van der Waals surface area contributed by atoms with E-state index in [0.29, 0.717) is 16.7 Å². The minimum absolute atomic E-state index is 0.0815. The molecule has 0 radical (unpaired) electrons. The summed E-state index contributed by atoms with van der Waals surface area (Å²) in [4.78, 5) is 20.5. The topological polar surface area (TPSA) is 108 Å². The van der Waals surface area contributed by atoms with Crippen molar-refractivity contribution in [2.24, 2.45) is 0 Å². The minimum atomic E-state index is -3.72. The number of benzene rings is 1. The maximum Gasteiger partial charge on any atom is 0.323 e. The van der Waals surface area contributed by atoms with Crippen molar-refractivity contribution in [1.29, 1.82) is 0 Å². The number of nitrogens with zero attached hydrogens (tertiary/aromatic N) is 1. The van der Waals surface area contributed by atoms with Crippen LogP contribution in [0.15, 0.2) is 52.3 Å². The summed E-state index contributed by atoms with van der Waals surface area (Å²) >= 11 is 0. The molecule has 0 fully saturated rings. The van der Waals surface area contributed by atoms with Gasteiger partial charge in [0.25, 0.3) is 0 Å². The molecule has 22 heavy (non-hydrogen) atoms. The third-order valence-corrected chi connectivity index (χ3v) is 4.80. The average molecular weight is 318 g/mol. The summed E-state index contributed by atoms with van der Waals surface area (Å²) < 4.78 is 27.4. The molecule has 0 amide bonds. The lowest BCUT2D eigenvalue weighted by atomic mass is 10.2. The van der Waals surface area contributed by atoms with E-state index in [0.717, 1.165) is 0 Å². The summed E-state index contributed by atoms with van der Waals surface area (Å²) in [7, 11) is -3.72. The molecule has 0 saturated carbocycles. The van der Waals surface area contributed by atoms with Crippen LogP contribution in [-0.2, 0) is 10.0 Å². The van der Waals surface area contributed by atoms with Crippen LogP contribution in [0.4, 0.5) is 0 Å². The summed E-state index contributed by atoms with van der Waals surface area (Å²) in [5.74, 6) is 0. The number of aromatic nitrogens is 3. The Morgan fingerprint density at radius 1 is 1.14 bits per heavy atom. The van der Waals surface area contributed by atoms with Gasteiger partial charge in [-0.05, 0) is 37.3 Å². The molecule has 3 N–H and O–H groups in total. The molecule has 3 rings (SSSR count). The first-order valence-electron chi connectivity index (χ1n) is 6.61. The van der Waals surface area contributed by atoms with Crippen LogP contribution < -0.4 is 10.4 Å². The van der Waals surface area contributed by atoms with Crippen molar-refractivity contribution in [3.8, 4) is 0 Å². The number of hydrogen-bond donors (Lipinski definition) is 3. The molecule has 1 unspecified atom stereocenters. The van der Waals surface area contributed by atoms with Crippen molar-refractivity contribution in [2.45, 2.75) is 17.9 Å². The Kier molecular flexibility index (Phi) is 3.55. The van der Waals surface area contributed by atoms with E-state index >= 15 is 0 Å². The number of hydrogen-bond acceptors (Lipinski definition) is 4. The van der Waals surface area contributed by atoms with E-state index in [9.17, 15) is 13.2 Å². The lowest BCUT2D eigenvalue weighted by molar-refractivity contribution is 0.564. The average Bonchev–Trinajstić information content (AvgIpc) is 2.86. The van der Waals surface area contributed by atoms with Gasteiger partial charge in [0.15, 0.2) is 0 Å². The molecule has 114 valence electrons. The predicted octanol–water partition coefficient (Wildman–Crippen LogP) is 1.29. The lowest BCUT2D eigenvalue weighted by Crippen LogP contribution is -2.27. The van der Waals surface area contributed by atoms with Crippen LogP contribution in [0.2, 0.25) is 0 Å². The van der Waals surface area contributed by atoms with Crippen molar-refractivity contribution < 1.29 is 8.42 Å². The van der Waals surface area contributed by atoms with Crippen LogP contribution in [0.25, 0.3) is 11.0 Å². The number of sulfonamides is 1. The zero-order chi connectivity index (χ0) is 15.7. The van der Waals surface area contributed by atoms with Crippen LogP contribution >= 0.6 is 0 Å². The zero-order valence-corrected chi connectivity index (χ0v) is 12.5. The molecule has 2 aromatic heterocycles. The van der Waals surface area contributed by atoms with Crippen molar-refractivity contribution in [2.75, 3.05) is 0 Å². The molecule has 0 spiro atoms. The molecule has 0 aliphatic heterocycles. The smallest absolute Gasteiger partial charge is 0.306 e. The fourth-order valence-corrected chi connectivity index (χ4v) is 3.41. The second-order valence-corrected chi connectivity index (χ2v) is 6.60. The SMILES string of the molecule is CC(NS(=O)(=O)c1ccc2[nH]c(=O)[nH]c2c1)c1ccccn1. The molecule has 0 bridgehead atoms. The molecular weight excluding hydrogens is 304 g/mol. The Labute approximate surface area is 126 Å². The number of imidazole rings is 1. The molecule has 2 heterocycles. The van der Waals surface area contributed by atoms with Crippen molar-refractivity contribution in [3.05, 3.63) is 58.8 Å². The summed E-state index contributed by atoms with van der Waals surface area (Å²) in [6, 6.07) is 9.25. The van der Waals surface area contributed by atoms with E-state index in [1.165, 1.54) is 12.1 Å². The highest BCUT2D eigenvalue weighted by molar-refractivity contribution is 7.89. The van der Waals surface area contributed by atoms with Gasteiger partial charge in [0, 0.05) is 6.20 Å². The zero-order valence-electron chi connectivity index (χ0n) is 11.7. The van der Waals surface area contributed by atoms with Crippen molar-refractivity contribution >= 4 is 21.1 Å². The van der Waals surface area contributed by atoms with Gasteiger partial charge in [0.2, 0.25) is 10.0 Å². The normalized spacial score (nSPS) is 13.3. The first-order chi connectivity index (χ1) is 10.5. The van der Waals surface area contributed by atoms with E-state index in [-0.39, 0.29) is 10.6 Å². The number of fused-ring (bicyclic) bond motifs is 1. The minimum Gasteiger partial charge on any atom is -0.306 e. The van der Waals surface area contributed by atoms with E-state index in [1.54, 1.807) is 37.4 Å². The molecule has 1 aromatic carbocycles. The maximum absolute atomic E-state index is 12.4. The molecular formula is C14H14N4O3S. The van der Waals surface area contributed by atoms with Crippen molar-refractivity contribution in [1.82, 2.24) is 19.7 Å². The second kappa shape index (κ2) is 5.39. The van der Waals surface area contributed by atoms with Gasteiger partial charge in [-0.3, -0.25) is 4.98 Å². The van der Waals surface area contributed by atoms with Crippen LogP contribution in [0, 0.1) is 0 Å². The molecule has 7 nitrogen and oxygen atoms in total. The van der Waals surface area contributed by atoms with Crippen LogP contribution in [0.3, 0.4) is 0 Å². The highest BCUT2D eigenvalue weighted by Gasteiger charge is 2.19. The molecule has 0 saturated heterocycles. The largest absolute Gasteiger partial charge is 0.323 e. The third kappa shape index (κ3) is 2.78. The monoisotopic (exact) mass is 318 g/mol. The van der Waals surface area contributed by atoms with Gasteiger partial charge in [0.1, 0.15) is 0 Å². The van der Waals surface area contributed by atoms with Gasteiger partial charge in [0.05, 0.1) is 27.7 Å². The van der Waals surface area contributed by atoms with E-state index < -0.39 is 16.1 Å². The van der Waals surface area contributed by atoms with Gasteiger partial charge in [-0.15, -0.1) is 0 Å². The van der Waals surface area contributed by atoms with Gasteiger partial charge in [-0.2, -0.15) is 0 Å². The van der Waals surface area contributed by atoms with Gasteiger partial charge in [-0.25, -0.2) is 17.9 Å². The molecule has 3 aromatic rings. The van der Waals surface area contributed by atoms with Crippen LogP contribution in [0.1, 0.15) is 18.7 Å². The summed E-state index contributed by atoms with van der Waals surface area (Å²) in [5.41, 5.74) is 1.25. The number of nitrogens with one attached hydrogen (secondary N) is 3. The van der Waals surface area contributed by atoms with E-state index in [4.69, 9.17) is 0 Å². The van der Waals surface area contributed by atoms with Crippen molar-refractivity contribution in [3.63, 3.8) is 0 Å². The van der Waals surface area contributed by atoms with E-state index in [2.05, 4.69) is 19.7 Å². The Bertz CT molecular complexity index is 960. The maximum atomic E-state index is 12.4. The fourth-order valence-electron chi connectivity index (χ4n) is 2.17. The Hall–Kier alpha value is -2.45. The molecule has 1 atom stereocenters. The van der Waals surface area contributed by atoms with Gasteiger partial charge in [-0.1, -0.05) is 6.07 Å². The second-order valence-electron chi connectivity index (χ2n) is 4.88. The predicted molar refractivity (Wildman–Crippen MR) is 81.9 cm³/mol. The van der Waals surface area contributed by atoms with Gasteiger partial charge < -0.3 is 9.97 Å². The number of aromatic amines is 2. The number of pyridine rings is 1. The van der Waals surface area contributed by atoms with Crippen LogP contribution in [0.5, 0.6) is 0 Å². The molecule has 0 aliphatic rings. The van der Waals surface area contributed by atoms with Gasteiger partial charge >= 0.3 is 5.69 Å². The fraction of sp³-hybridized carbons (Fsp3) is 0.143. The first-order valence-corrected chi connectivity index (χ1v) is 8.09. The lowest BCUT2D eigenvalue weighted by Gasteiger charge is -2.13. The standard InChI is InChI=1S/C14H14N4O3S/c1-9(11-4-2-3-7-15-11)18-22(20,21)10-5-6-12-13(8-10)17-14(19)16-12/h2-9,18H,1H3,(H2,16,17,19). The third-order valence-electron chi connectivity index (χ3n) is 3.26. The van der Waals surface area contributed by atoms with Crippen LogP contribution in [-0.4, -0.2) is 23.4 Å². The number of H-pyrrole nitrogens is 2. The summed E-state index contributed by atoms with van der Waals surface area (Å²) in [6.45, 7) is 1.72. The molecule has 0 aliphatic carbocycles. The Morgan fingerprint density at radius 2 is 1.91 bits per heavy atom. The highest BCUT2D eigenvalue weighted by atomic mass is 32.2. The van der Waals surface area contributed by atoms with E-state index in [1.807, 2.05) is 0 Å². The number of rotatable bonds is 4. The highest BCUT2D eigenvalue weighted by Crippen LogP contribution is 2.18. The first kappa shape index (κ1) is 14.5.